The summed E-state index contributed by atoms with van der Waals surface area (Å²) in [7, 11) is 0. The molecule has 0 unspecified atom stereocenters. The number of ether oxygens (including phenoxy) is 6. The summed E-state index contributed by atoms with van der Waals surface area (Å²) in [6.45, 7) is 15.0. The number of carbonyl (C=O) groups is 1. The number of fused-ring (bicyclic) bond motifs is 7. The van der Waals surface area contributed by atoms with Gasteiger partial charge < -0.3 is 74.4 Å². The summed E-state index contributed by atoms with van der Waals surface area (Å²) < 4.78 is 36.1. The number of allylic oxidation sites excluding steroid dienone is 2. The zero-order valence-electron chi connectivity index (χ0n) is 36.8. The highest BCUT2D eigenvalue weighted by Crippen LogP contribution is 2.76. The van der Waals surface area contributed by atoms with Gasteiger partial charge in [0.15, 0.2) is 18.9 Å². The molecule has 348 valence electrons. The van der Waals surface area contributed by atoms with Crippen molar-refractivity contribution in [3.63, 3.8) is 0 Å². The van der Waals surface area contributed by atoms with Crippen molar-refractivity contribution in [2.45, 2.75) is 192 Å². The van der Waals surface area contributed by atoms with Gasteiger partial charge in [0.1, 0.15) is 60.4 Å². The van der Waals surface area contributed by atoms with Gasteiger partial charge in [0.25, 0.3) is 0 Å². The third-order valence-corrected chi connectivity index (χ3v) is 18.2. The molecule has 21 atom stereocenters. The molecular formula is C45H72O16. The molecule has 8 rings (SSSR count). The third kappa shape index (κ3) is 7.11. The Morgan fingerprint density at radius 2 is 1.20 bits per heavy atom. The van der Waals surface area contributed by atoms with Crippen LogP contribution in [0.1, 0.15) is 106 Å². The molecule has 0 spiro atoms. The molecule has 9 N–H and O–H groups in total. The van der Waals surface area contributed by atoms with Crippen molar-refractivity contribution < 1.29 is 79.2 Å². The number of aliphatic hydroxyl groups excluding tert-OH is 8. The number of hydrogen-bond acceptors (Lipinski definition) is 15. The summed E-state index contributed by atoms with van der Waals surface area (Å²) in [4.78, 5) is 13.2. The first kappa shape index (κ1) is 46.2. The molecule has 4 saturated carbocycles. The quantitative estimate of drug-likeness (QED) is 0.130. The van der Waals surface area contributed by atoms with Crippen LogP contribution in [0.4, 0.5) is 0 Å². The molecule has 7 fully saturated rings. The molecular weight excluding hydrogens is 796 g/mol. The molecule has 61 heavy (non-hydrogen) atoms. The molecule has 16 nitrogen and oxygen atoms in total. The third-order valence-electron chi connectivity index (χ3n) is 18.2. The van der Waals surface area contributed by atoms with Crippen LogP contribution in [-0.4, -0.2) is 158 Å². The van der Waals surface area contributed by atoms with E-state index in [1.54, 1.807) is 0 Å². The van der Waals surface area contributed by atoms with Crippen LogP contribution < -0.4 is 0 Å². The van der Waals surface area contributed by atoms with Crippen LogP contribution in [-0.2, 0) is 33.2 Å². The Kier molecular flexibility index (Phi) is 12.1. The number of carboxylic acids is 1. The lowest BCUT2D eigenvalue weighted by Crippen LogP contribution is -2.68. The van der Waals surface area contributed by atoms with E-state index >= 15 is 0 Å². The Hall–Kier alpha value is -1.35. The van der Waals surface area contributed by atoms with E-state index in [1.807, 2.05) is 0 Å². The highest BCUT2D eigenvalue weighted by Gasteiger charge is 2.71. The number of carboxylic acid groups (broad SMARTS) is 1. The number of aliphatic carboxylic acids is 1. The van der Waals surface area contributed by atoms with Crippen LogP contribution in [0, 0.1) is 50.2 Å². The van der Waals surface area contributed by atoms with E-state index < -0.39 is 96.7 Å². The van der Waals surface area contributed by atoms with E-state index in [-0.39, 0.29) is 65.3 Å². The van der Waals surface area contributed by atoms with E-state index in [9.17, 15) is 50.8 Å². The van der Waals surface area contributed by atoms with Gasteiger partial charge in [-0.1, -0.05) is 60.1 Å². The monoisotopic (exact) mass is 868 g/mol. The van der Waals surface area contributed by atoms with E-state index in [4.69, 9.17) is 28.4 Å². The van der Waals surface area contributed by atoms with Crippen molar-refractivity contribution in [3.8, 4) is 0 Å². The lowest BCUT2D eigenvalue weighted by atomic mass is 9.33. The first-order valence-corrected chi connectivity index (χ1v) is 22.6. The van der Waals surface area contributed by atoms with Gasteiger partial charge in [-0.05, 0) is 103 Å². The fourth-order valence-corrected chi connectivity index (χ4v) is 14.4. The predicted molar refractivity (Wildman–Crippen MR) is 214 cm³/mol. The van der Waals surface area contributed by atoms with Gasteiger partial charge >= 0.3 is 5.97 Å². The van der Waals surface area contributed by atoms with Gasteiger partial charge in [0, 0.05) is 0 Å². The maximum Gasteiger partial charge on any atom is 0.312 e. The van der Waals surface area contributed by atoms with Gasteiger partial charge in [-0.2, -0.15) is 0 Å². The molecule has 0 aromatic heterocycles. The SMILES string of the molecule is CC1(C)CC[C@@]2(C(=O)O)[C@H](C1)C1=CC[C@H]3[C@@]4(C)CC[C@@H](O[C@@H]5OC[C@H](O)[C@H](O)[C@H]5O[C@H]5OC[C@@H](O)[C@@H](O)[C@H]5O[C@@H]5OC[C@@H](O)[C@H](O)[C@@H]5O)C(C)(C)[C@H]4CC[C@@]3(C)[C@]1(C)C[C@@H]2O. The highest BCUT2D eigenvalue weighted by atomic mass is 16.8. The van der Waals surface area contributed by atoms with Crippen LogP contribution in [0.2, 0.25) is 0 Å². The minimum Gasteiger partial charge on any atom is -0.481 e. The largest absolute Gasteiger partial charge is 0.481 e. The fraction of sp³-hybridized carbons (Fsp3) is 0.933. The Balaban J connectivity index is 1.02. The molecule has 0 amide bonds. The van der Waals surface area contributed by atoms with Gasteiger partial charge in [0.2, 0.25) is 0 Å². The zero-order chi connectivity index (χ0) is 44.4. The van der Waals surface area contributed by atoms with Crippen LogP contribution in [0.5, 0.6) is 0 Å². The van der Waals surface area contributed by atoms with Crippen molar-refractivity contribution in [1.29, 1.82) is 0 Å². The number of rotatable bonds is 7. The van der Waals surface area contributed by atoms with Gasteiger partial charge in [-0.15, -0.1) is 0 Å². The molecule has 8 aliphatic rings. The lowest BCUT2D eigenvalue weighted by Gasteiger charge is -2.71. The van der Waals surface area contributed by atoms with Gasteiger partial charge in [-0.3, -0.25) is 4.79 Å². The normalized spacial score (nSPS) is 54.3. The van der Waals surface area contributed by atoms with E-state index in [2.05, 4.69) is 54.5 Å². The average molecular weight is 869 g/mol. The molecule has 0 bridgehead atoms. The Bertz CT molecular complexity index is 1670. The fourth-order valence-electron chi connectivity index (χ4n) is 14.4. The topological polar surface area (TPSA) is 255 Å². The van der Waals surface area contributed by atoms with Crippen LogP contribution >= 0.6 is 0 Å². The molecule has 5 aliphatic carbocycles. The van der Waals surface area contributed by atoms with Crippen LogP contribution in [0.3, 0.4) is 0 Å². The van der Waals surface area contributed by atoms with Crippen molar-refractivity contribution in [2.24, 2.45) is 50.2 Å². The van der Waals surface area contributed by atoms with E-state index in [1.165, 1.54) is 5.57 Å². The van der Waals surface area contributed by atoms with Crippen LogP contribution in [0.25, 0.3) is 0 Å². The second-order valence-corrected chi connectivity index (χ2v) is 22.2. The Morgan fingerprint density at radius 3 is 1.80 bits per heavy atom. The predicted octanol–water partition coefficient (Wildman–Crippen LogP) is 1.59. The van der Waals surface area contributed by atoms with Crippen molar-refractivity contribution >= 4 is 5.97 Å². The zero-order valence-corrected chi connectivity index (χ0v) is 36.8. The van der Waals surface area contributed by atoms with Gasteiger partial charge in [-0.25, -0.2) is 0 Å². The van der Waals surface area contributed by atoms with E-state index in [0.29, 0.717) is 19.3 Å². The first-order chi connectivity index (χ1) is 28.4. The Labute approximate surface area is 358 Å². The standard InChI is InChI=1S/C45H72O16/c1-40(2)14-15-45(39(54)55)22(16-40)21-8-9-27-42(5)12-11-29(41(3,4)26(42)10-13-43(27,6)44(21,7)17-28(45)49)59-37-34(31(51)24(47)19-57-37)61-38-35(32(52)25(48)20-58-38)60-36-33(53)30(50)23(46)18-56-36/h8,22-38,46-53H,9-20H2,1-7H3,(H,54,55)/t22-,23-,24+,25-,26-,27+,28+,29-,30+,31+,32-,33+,34-,35-,36+,37+,38-,42+,43-,44-,45-/m1/s1. The summed E-state index contributed by atoms with van der Waals surface area (Å²) in [5, 5.41) is 97.2. The summed E-state index contributed by atoms with van der Waals surface area (Å²) in [6.07, 6.45) is -10.1. The maximum atomic E-state index is 13.2. The van der Waals surface area contributed by atoms with Crippen LogP contribution in [0.15, 0.2) is 11.6 Å². The lowest BCUT2D eigenvalue weighted by molar-refractivity contribution is -0.378. The number of hydrogen-bond donors (Lipinski definition) is 9. The average Bonchev–Trinajstić information content (AvgIpc) is 3.18. The summed E-state index contributed by atoms with van der Waals surface area (Å²) in [5.74, 6) is -0.656. The molecule has 16 heteroatoms. The molecule has 3 aliphatic heterocycles. The molecule has 3 saturated heterocycles. The Morgan fingerprint density at radius 1 is 0.639 bits per heavy atom. The second-order valence-electron chi connectivity index (χ2n) is 22.2. The van der Waals surface area contributed by atoms with Crippen molar-refractivity contribution in [2.75, 3.05) is 19.8 Å². The van der Waals surface area contributed by atoms with Crippen molar-refractivity contribution in [3.05, 3.63) is 11.6 Å². The summed E-state index contributed by atoms with van der Waals surface area (Å²) >= 11 is 0. The molecule has 0 aromatic carbocycles. The number of aliphatic hydroxyl groups is 8. The minimum absolute atomic E-state index is 0.0294. The molecule has 0 radical (unpaired) electrons. The summed E-state index contributed by atoms with van der Waals surface area (Å²) in [6, 6.07) is 0. The first-order valence-electron chi connectivity index (χ1n) is 22.6. The molecule has 0 aromatic rings. The second kappa shape index (κ2) is 15.9. The summed E-state index contributed by atoms with van der Waals surface area (Å²) in [5.41, 5.74) is -1.10. The highest BCUT2D eigenvalue weighted by molar-refractivity contribution is 5.77. The van der Waals surface area contributed by atoms with Gasteiger partial charge in [0.05, 0.1) is 32.0 Å². The molecule has 3 heterocycles. The maximum absolute atomic E-state index is 13.2. The smallest absolute Gasteiger partial charge is 0.312 e. The van der Waals surface area contributed by atoms with E-state index in [0.717, 1.165) is 38.5 Å². The van der Waals surface area contributed by atoms with Crippen molar-refractivity contribution in [1.82, 2.24) is 0 Å². The minimum atomic E-state index is -1.71.